The lowest BCUT2D eigenvalue weighted by Gasteiger charge is -2.06. The van der Waals surface area contributed by atoms with Crippen molar-refractivity contribution in [1.29, 1.82) is 0 Å². The summed E-state index contributed by atoms with van der Waals surface area (Å²) in [6, 6.07) is 6.79. The summed E-state index contributed by atoms with van der Waals surface area (Å²) >= 11 is 0. The van der Waals surface area contributed by atoms with Crippen LogP contribution in [0.1, 0.15) is 10.4 Å². The molecule has 1 N–H and O–H groups in total. The first-order chi connectivity index (χ1) is 9.63. The summed E-state index contributed by atoms with van der Waals surface area (Å²) in [5.74, 6) is -1.75. The van der Waals surface area contributed by atoms with E-state index >= 15 is 0 Å². The minimum atomic E-state index is -1.33. The Morgan fingerprint density at radius 2 is 2.15 bits per heavy atom. The number of rotatable bonds is 3. The summed E-state index contributed by atoms with van der Waals surface area (Å²) in [4.78, 5) is 14.9. The summed E-state index contributed by atoms with van der Waals surface area (Å²) in [5.41, 5.74) is 0.182. The predicted molar refractivity (Wildman–Crippen MR) is 66.4 cm³/mol. The second-order valence-electron chi connectivity index (χ2n) is 3.95. The Morgan fingerprint density at radius 3 is 2.90 bits per heavy atom. The lowest BCUT2D eigenvalue weighted by molar-refractivity contribution is 0.0692. The Labute approximate surface area is 112 Å². The monoisotopic (exact) mass is 273 g/mol. The van der Waals surface area contributed by atoms with E-state index in [2.05, 4.69) is 10.1 Å². The zero-order valence-corrected chi connectivity index (χ0v) is 10.0. The number of carboxylic acid groups (broad SMARTS) is 1. The van der Waals surface area contributed by atoms with Gasteiger partial charge in [-0.2, -0.15) is 10.1 Å². The molecule has 100 valence electrons. The van der Waals surface area contributed by atoms with Crippen LogP contribution in [0, 0.1) is 5.82 Å². The van der Waals surface area contributed by atoms with Gasteiger partial charge in [-0.05, 0) is 12.1 Å². The molecule has 0 aliphatic carbocycles. The van der Waals surface area contributed by atoms with Gasteiger partial charge < -0.3 is 9.84 Å². The number of aromatic nitrogens is 3. The van der Waals surface area contributed by atoms with Gasteiger partial charge >= 0.3 is 5.97 Å². The Morgan fingerprint density at radius 1 is 1.30 bits per heavy atom. The molecule has 7 heteroatoms. The molecular weight excluding hydrogens is 265 g/mol. The van der Waals surface area contributed by atoms with E-state index in [0.717, 1.165) is 12.1 Å². The molecule has 0 atom stereocenters. The minimum Gasteiger partial charge on any atom is -0.478 e. The van der Waals surface area contributed by atoms with E-state index < -0.39 is 17.3 Å². The number of ether oxygens (including phenoxy) is 1. The largest absolute Gasteiger partial charge is 0.478 e. The first-order valence-corrected chi connectivity index (χ1v) is 5.64. The molecule has 0 spiro atoms. The van der Waals surface area contributed by atoms with Gasteiger partial charge in [0.25, 0.3) is 0 Å². The third-order valence-corrected chi connectivity index (χ3v) is 2.63. The number of hydrogen-bond donors (Lipinski definition) is 1. The van der Waals surface area contributed by atoms with Gasteiger partial charge in [-0.25, -0.2) is 13.7 Å². The Hall–Kier alpha value is -2.96. The van der Waals surface area contributed by atoms with E-state index in [1.807, 2.05) is 0 Å². The average Bonchev–Trinajstić information content (AvgIpc) is 2.85. The first-order valence-electron chi connectivity index (χ1n) is 5.64. The van der Waals surface area contributed by atoms with Crippen molar-refractivity contribution in [2.45, 2.75) is 0 Å². The van der Waals surface area contributed by atoms with Crippen molar-refractivity contribution in [2.75, 3.05) is 0 Å². The fraction of sp³-hybridized carbons (Fsp3) is 0. The second kappa shape index (κ2) is 4.61. The molecule has 0 saturated carbocycles. The van der Waals surface area contributed by atoms with Crippen molar-refractivity contribution in [1.82, 2.24) is 14.6 Å². The highest BCUT2D eigenvalue weighted by Crippen LogP contribution is 2.22. The molecule has 1 aromatic carbocycles. The van der Waals surface area contributed by atoms with Crippen molar-refractivity contribution in [3.8, 4) is 11.6 Å². The quantitative estimate of drug-likeness (QED) is 0.792. The summed E-state index contributed by atoms with van der Waals surface area (Å²) < 4.78 is 20.5. The zero-order valence-electron chi connectivity index (χ0n) is 10.0. The zero-order chi connectivity index (χ0) is 14.1. The smallest absolute Gasteiger partial charge is 0.338 e. The van der Waals surface area contributed by atoms with Gasteiger partial charge in [0.1, 0.15) is 11.6 Å². The number of carbonyl (C=O) groups is 1. The molecule has 0 bridgehead atoms. The summed E-state index contributed by atoms with van der Waals surface area (Å²) in [7, 11) is 0. The van der Waals surface area contributed by atoms with Crippen molar-refractivity contribution < 1.29 is 19.0 Å². The highest BCUT2D eigenvalue weighted by molar-refractivity contribution is 5.88. The number of aromatic carboxylic acids is 1. The summed E-state index contributed by atoms with van der Waals surface area (Å²) in [6.07, 6.45) is 3.24. The van der Waals surface area contributed by atoms with Crippen LogP contribution < -0.4 is 4.74 Å². The lowest BCUT2D eigenvalue weighted by Crippen LogP contribution is -2.00. The molecule has 3 aromatic rings. The molecule has 2 heterocycles. The van der Waals surface area contributed by atoms with Crippen LogP contribution in [0.25, 0.3) is 5.65 Å². The highest BCUT2D eigenvalue weighted by atomic mass is 19.1. The van der Waals surface area contributed by atoms with E-state index in [1.54, 1.807) is 29.0 Å². The SMILES string of the molecule is O=C(O)c1ccc(Oc2ccn3nccc3n2)cc1F. The number of hydrogen-bond acceptors (Lipinski definition) is 4. The molecule has 0 aliphatic rings. The van der Waals surface area contributed by atoms with Gasteiger partial charge in [-0.3, -0.25) is 0 Å². The van der Waals surface area contributed by atoms with Crippen molar-refractivity contribution in [3.63, 3.8) is 0 Å². The van der Waals surface area contributed by atoms with Gasteiger partial charge in [-0.1, -0.05) is 0 Å². The van der Waals surface area contributed by atoms with Crippen molar-refractivity contribution in [3.05, 3.63) is 54.1 Å². The Kier molecular flexibility index (Phi) is 2.79. The van der Waals surface area contributed by atoms with Crippen molar-refractivity contribution >= 4 is 11.6 Å². The number of benzene rings is 1. The molecule has 20 heavy (non-hydrogen) atoms. The fourth-order valence-corrected chi connectivity index (χ4v) is 1.71. The van der Waals surface area contributed by atoms with Crippen LogP contribution in [0.4, 0.5) is 4.39 Å². The van der Waals surface area contributed by atoms with Gasteiger partial charge in [-0.15, -0.1) is 0 Å². The van der Waals surface area contributed by atoms with E-state index in [9.17, 15) is 9.18 Å². The third-order valence-electron chi connectivity index (χ3n) is 2.63. The number of fused-ring (bicyclic) bond motifs is 1. The molecule has 0 radical (unpaired) electrons. The topological polar surface area (TPSA) is 76.7 Å². The van der Waals surface area contributed by atoms with Crippen LogP contribution in [0.5, 0.6) is 11.6 Å². The first kappa shape index (κ1) is 12.1. The number of nitrogens with zero attached hydrogens (tertiary/aromatic N) is 3. The van der Waals surface area contributed by atoms with Crippen LogP contribution in [0.3, 0.4) is 0 Å². The Bertz CT molecular complexity index is 800. The van der Waals surface area contributed by atoms with Crippen LogP contribution in [0.15, 0.2) is 42.7 Å². The van der Waals surface area contributed by atoms with E-state index in [1.165, 1.54) is 6.07 Å². The van der Waals surface area contributed by atoms with Crippen molar-refractivity contribution in [2.24, 2.45) is 0 Å². The van der Waals surface area contributed by atoms with Crippen LogP contribution in [-0.4, -0.2) is 25.7 Å². The highest BCUT2D eigenvalue weighted by Gasteiger charge is 2.11. The number of carboxylic acids is 1. The third kappa shape index (κ3) is 2.16. The summed E-state index contributed by atoms with van der Waals surface area (Å²) in [6.45, 7) is 0. The van der Waals surface area contributed by atoms with Gasteiger partial charge in [0, 0.05) is 24.4 Å². The molecule has 0 unspecified atom stereocenters. The van der Waals surface area contributed by atoms with E-state index in [-0.39, 0.29) is 11.6 Å². The molecular formula is C13H8FN3O3. The van der Waals surface area contributed by atoms with E-state index in [4.69, 9.17) is 9.84 Å². The minimum absolute atomic E-state index is 0.170. The second-order valence-corrected chi connectivity index (χ2v) is 3.95. The lowest BCUT2D eigenvalue weighted by atomic mass is 10.2. The fourth-order valence-electron chi connectivity index (χ4n) is 1.71. The molecule has 6 nitrogen and oxygen atoms in total. The molecule has 0 saturated heterocycles. The van der Waals surface area contributed by atoms with Crippen LogP contribution >= 0.6 is 0 Å². The molecule has 0 fully saturated rings. The molecule has 3 rings (SSSR count). The molecule has 0 aliphatic heterocycles. The van der Waals surface area contributed by atoms with Gasteiger partial charge in [0.05, 0.1) is 11.8 Å². The van der Waals surface area contributed by atoms with E-state index in [0.29, 0.717) is 5.65 Å². The molecule has 0 amide bonds. The maximum Gasteiger partial charge on any atom is 0.338 e. The Balaban J connectivity index is 1.90. The molecule has 2 aromatic heterocycles. The van der Waals surface area contributed by atoms with Crippen LogP contribution in [0.2, 0.25) is 0 Å². The number of halogens is 1. The standard InChI is InChI=1S/C13H8FN3O3/c14-10-7-8(1-2-9(10)13(18)19)20-12-4-6-17-11(16-12)3-5-15-17/h1-7H,(H,18,19). The predicted octanol–water partition coefficient (Wildman–Crippen LogP) is 2.36. The van der Waals surface area contributed by atoms with Gasteiger partial charge in [0.15, 0.2) is 5.65 Å². The van der Waals surface area contributed by atoms with Crippen LogP contribution in [-0.2, 0) is 0 Å². The maximum atomic E-state index is 13.5. The summed E-state index contributed by atoms with van der Waals surface area (Å²) in [5, 5.41) is 12.7. The maximum absolute atomic E-state index is 13.5. The van der Waals surface area contributed by atoms with Gasteiger partial charge in [0.2, 0.25) is 5.88 Å². The normalized spacial score (nSPS) is 10.7. The average molecular weight is 273 g/mol.